The summed E-state index contributed by atoms with van der Waals surface area (Å²) >= 11 is 0. The number of halogens is 3. The van der Waals surface area contributed by atoms with Crippen molar-refractivity contribution < 1.29 is 21.6 Å². The van der Waals surface area contributed by atoms with Crippen molar-refractivity contribution in [2.24, 2.45) is 7.05 Å². The maximum atomic E-state index is 13.1. The minimum absolute atomic E-state index is 0.0884. The van der Waals surface area contributed by atoms with Gasteiger partial charge in [-0.05, 0) is 32.9 Å². The molecule has 2 aromatic rings. The minimum Gasteiger partial charge on any atom is -0.354 e. The van der Waals surface area contributed by atoms with Gasteiger partial charge in [-0.15, -0.1) is 5.10 Å². The molecule has 0 spiro atoms. The minimum atomic E-state index is -4.70. The number of rotatable bonds is 6. The van der Waals surface area contributed by atoms with Gasteiger partial charge >= 0.3 is 6.18 Å². The molecule has 1 fully saturated rings. The van der Waals surface area contributed by atoms with Crippen LogP contribution in [0.25, 0.3) is 0 Å². The Morgan fingerprint density at radius 1 is 1.16 bits per heavy atom. The normalized spacial score (nSPS) is 16.3. The first-order chi connectivity index (χ1) is 14.4. The SMILES string of the molecule is Cc1nc(N2CCN(C(C)C)CC2)ccc1S(=O)(=O)NCc1nnn(C)c1C(F)(F)F. The number of aromatic nitrogens is 4. The molecule has 0 atom stereocenters. The average molecular weight is 462 g/mol. The zero-order valence-corrected chi connectivity index (χ0v) is 18.6. The summed E-state index contributed by atoms with van der Waals surface area (Å²) in [6.45, 7) is 8.55. The first-order valence-corrected chi connectivity index (χ1v) is 11.3. The van der Waals surface area contributed by atoms with Crippen LogP contribution in [0.5, 0.6) is 0 Å². The van der Waals surface area contributed by atoms with Gasteiger partial charge in [0.15, 0.2) is 5.69 Å². The largest absolute Gasteiger partial charge is 0.434 e. The molecular weight excluding hydrogens is 435 g/mol. The zero-order chi connectivity index (χ0) is 23.0. The summed E-state index contributed by atoms with van der Waals surface area (Å²) in [6.07, 6.45) is -4.70. The van der Waals surface area contributed by atoms with Gasteiger partial charge in [0, 0.05) is 39.3 Å². The lowest BCUT2D eigenvalue weighted by atomic mass is 10.2. The van der Waals surface area contributed by atoms with Crippen molar-refractivity contribution in [1.29, 1.82) is 0 Å². The van der Waals surface area contributed by atoms with E-state index < -0.39 is 34.1 Å². The van der Waals surface area contributed by atoms with Crippen molar-refractivity contribution in [2.75, 3.05) is 31.1 Å². The summed E-state index contributed by atoms with van der Waals surface area (Å²) in [7, 11) is -2.99. The Morgan fingerprint density at radius 3 is 2.35 bits per heavy atom. The summed E-state index contributed by atoms with van der Waals surface area (Å²) < 4.78 is 67.6. The van der Waals surface area contributed by atoms with Crippen molar-refractivity contribution in [3.05, 3.63) is 29.2 Å². The summed E-state index contributed by atoms with van der Waals surface area (Å²) in [5.74, 6) is 0.674. The number of hydrogen-bond acceptors (Lipinski definition) is 7. The molecule has 3 heterocycles. The maximum Gasteiger partial charge on any atom is 0.434 e. The van der Waals surface area contributed by atoms with Crippen LogP contribution in [0.4, 0.5) is 19.0 Å². The van der Waals surface area contributed by atoms with E-state index in [0.717, 1.165) is 33.2 Å². The third-order valence-electron chi connectivity index (χ3n) is 5.28. The second-order valence-corrected chi connectivity index (χ2v) is 9.44. The van der Waals surface area contributed by atoms with E-state index in [0.29, 0.717) is 16.5 Å². The quantitative estimate of drug-likeness (QED) is 0.697. The number of sulfonamides is 1. The molecule has 0 aromatic carbocycles. The van der Waals surface area contributed by atoms with E-state index in [1.165, 1.54) is 6.07 Å². The lowest BCUT2D eigenvalue weighted by Gasteiger charge is -2.37. The summed E-state index contributed by atoms with van der Waals surface area (Å²) in [4.78, 5) is 8.78. The number of hydrogen-bond donors (Lipinski definition) is 1. The van der Waals surface area contributed by atoms with Crippen molar-refractivity contribution in [1.82, 2.24) is 29.6 Å². The third-order valence-corrected chi connectivity index (χ3v) is 6.81. The van der Waals surface area contributed by atoms with E-state index in [4.69, 9.17) is 0 Å². The van der Waals surface area contributed by atoms with Gasteiger partial charge in [-0.3, -0.25) is 4.90 Å². The molecule has 9 nitrogen and oxygen atoms in total. The number of nitrogens with zero attached hydrogens (tertiary/aromatic N) is 6. The molecule has 3 rings (SSSR count). The van der Waals surface area contributed by atoms with E-state index >= 15 is 0 Å². The van der Waals surface area contributed by atoms with Crippen molar-refractivity contribution in [3.8, 4) is 0 Å². The van der Waals surface area contributed by atoms with Crippen molar-refractivity contribution in [3.63, 3.8) is 0 Å². The van der Waals surface area contributed by atoms with Crippen LogP contribution in [-0.2, 0) is 29.8 Å². The molecule has 13 heteroatoms. The molecule has 0 amide bonds. The molecule has 0 radical (unpaired) electrons. The molecule has 1 N–H and O–H groups in total. The summed E-state index contributed by atoms with van der Waals surface area (Å²) in [6, 6.07) is 3.51. The van der Waals surface area contributed by atoms with E-state index in [1.54, 1.807) is 13.0 Å². The average Bonchev–Trinajstić information content (AvgIpc) is 3.07. The second kappa shape index (κ2) is 8.71. The molecule has 0 bridgehead atoms. The molecule has 172 valence electrons. The predicted octanol–water partition coefficient (Wildman–Crippen LogP) is 1.55. The van der Waals surface area contributed by atoms with Crippen molar-refractivity contribution in [2.45, 2.75) is 44.4 Å². The Kier molecular flexibility index (Phi) is 6.58. The van der Waals surface area contributed by atoms with E-state index in [1.807, 2.05) is 0 Å². The van der Waals surface area contributed by atoms with Crippen LogP contribution in [-0.4, -0.2) is 65.5 Å². The maximum absolute atomic E-state index is 13.1. The topological polar surface area (TPSA) is 96.2 Å². The summed E-state index contributed by atoms with van der Waals surface area (Å²) in [5, 5.41) is 6.78. The van der Waals surface area contributed by atoms with Gasteiger partial charge in [-0.1, -0.05) is 5.21 Å². The molecular formula is C18H26F3N7O2S. The summed E-state index contributed by atoms with van der Waals surface area (Å²) in [5.41, 5.74) is -1.32. The van der Waals surface area contributed by atoms with Gasteiger partial charge in [0.2, 0.25) is 10.0 Å². The van der Waals surface area contributed by atoms with Gasteiger partial charge in [0.25, 0.3) is 0 Å². The molecule has 31 heavy (non-hydrogen) atoms. The second-order valence-electron chi connectivity index (χ2n) is 7.70. The third kappa shape index (κ3) is 5.15. The van der Waals surface area contributed by atoms with Crippen molar-refractivity contribution >= 4 is 15.8 Å². The van der Waals surface area contributed by atoms with E-state index in [9.17, 15) is 21.6 Å². The fourth-order valence-electron chi connectivity index (χ4n) is 3.57. The van der Waals surface area contributed by atoms with Crippen LogP contribution >= 0.6 is 0 Å². The van der Waals surface area contributed by atoms with Crippen LogP contribution < -0.4 is 9.62 Å². The fourth-order valence-corrected chi connectivity index (χ4v) is 4.73. The number of pyridine rings is 1. The van der Waals surface area contributed by atoms with Gasteiger partial charge in [0.1, 0.15) is 16.4 Å². The Hall–Kier alpha value is -2.25. The van der Waals surface area contributed by atoms with E-state index in [2.05, 4.69) is 43.7 Å². The molecule has 1 aliphatic heterocycles. The van der Waals surface area contributed by atoms with E-state index in [-0.39, 0.29) is 10.6 Å². The van der Waals surface area contributed by atoms with Gasteiger partial charge < -0.3 is 4.90 Å². The Balaban J connectivity index is 1.73. The number of alkyl halides is 3. The highest BCUT2D eigenvalue weighted by Crippen LogP contribution is 2.30. The molecule has 0 unspecified atom stereocenters. The van der Waals surface area contributed by atoms with Gasteiger partial charge in [-0.25, -0.2) is 22.8 Å². The molecule has 1 aliphatic rings. The predicted molar refractivity (Wildman–Crippen MR) is 108 cm³/mol. The highest BCUT2D eigenvalue weighted by Gasteiger charge is 2.38. The van der Waals surface area contributed by atoms with Crippen LogP contribution in [0.1, 0.15) is 30.9 Å². The number of aryl methyl sites for hydroxylation is 2. The van der Waals surface area contributed by atoms with Crippen LogP contribution in [0.15, 0.2) is 17.0 Å². The highest BCUT2D eigenvalue weighted by molar-refractivity contribution is 7.89. The fraction of sp³-hybridized carbons (Fsp3) is 0.611. The molecule has 0 saturated carbocycles. The number of piperazine rings is 1. The lowest BCUT2D eigenvalue weighted by molar-refractivity contribution is -0.144. The Bertz CT molecular complexity index is 1030. The first-order valence-electron chi connectivity index (χ1n) is 9.82. The number of nitrogens with one attached hydrogen (secondary N) is 1. The lowest BCUT2D eigenvalue weighted by Crippen LogP contribution is -2.49. The Labute approximate surface area is 179 Å². The Morgan fingerprint density at radius 2 is 1.81 bits per heavy atom. The van der Waals surface area contributed by atoms with Crippen LogP contribution in [0, 0.1) is 6.92 Å². The molecule has 2 aromatic heterocycles. The molecule has 1 saturated heterocycles. The standard InChI is InChI=1S/C18H26F3N7O2S/c1-12(2)27-7-9-28(10-8-27)16-6-5-15(13(3)23-16)31(29,30)22-11-14-17(18(19,20)21)26(4)25-24-14/h5-6,12,22H,7-11H2,1-4H3. The molecule has 0 aliphatic carbocycles. The van der Waals surface area contributed by atoms with Gasteiger partial charge in [0.05, 0.1) is 12.2 Å². The van der Waals surface area contributed by atoms with Crippen LogP contribution in [0.2, 0.25) is 0 Å². The smallest absolute Gasteiger partial charge is 0.354 e. The van der Waals surface area contributed by atoms with Gasteiger partial charge in [-0.2, -0.15) is 13.2 Å². The first kappa shape index (κ1) is 23.4. The zero-order valence-electron chi connectivity index (χ0n) is 17.8. The monoisotopic (exact) mass is 461 g/mol. The number of anilines is 1. The van der Waals surface area contributed by atoms with Crippen LogP contribution in [0.3, 0.4) is 0 Å². The highest BCUT2D eigenvalue weighted by atomic mass is 32.2.